The summed E-state index contributed by atoms with van der Waals surface area (Å²) < 4.78 is 26.1. The highest BCUT2D eigenvalue weighted by Gasteiger charge is 2.19. The number of carbonyl (C=O) groups excluding carboxylic acids is 2. The molecular formula is C22H27NO7. The fourth-order valence-corrected chi connectivity index (χ4v) is 2.77. The molecule has 162 valence electrons. The van der Waals surface area contributed by atoms with Gasteiger partial charge in [0.25, 0.3) is 5.91 Å². The van der Waals surface area contributed by atoms with E-state index in [1.54, 1.807) is 51.7 Å². The second-order valence-corrected chi connectivity index (χ2v) is 6.39. The molecule has 1 N–H and O–H groups in total. The van der Waals surface area contributed by atoms with Crippen molar-refractivity contribution in [3.63, 3.8) is 0 Å². The molecule has 0 heterocycles. The van der Waals surface area contributed by atoms with E-state index >= 15 is 0 Å². The molecule has 2 aromatic carbocycles. The first-order chi connectivity index (χ1) is 14.4. The summed E-state index contributed by atoms with van der Waals surface area (Å²) in [6.07, 6.45) is -0.970. The van der Waals surface area contributed by atoms with Gasteiger partial charge < -0.3 is 29.0 Å². The van der Waals surface area contributed by atoms with E-state index in [1.165, 1.54) is 14.0 Å². The third-order valence-electron chi connectivity index (χ3n) is 4.42. The number of carbonyl (C=O) groups is 2. The highest BCUT2D eigenvalue weighted by atomic mass is 16.5. The van der Waals surface area contributed by atoms with Crippen molar-refractivity contribution in [3.05, 3.63) is 47.5 Å². The van der Waals surface area contributed by atoms with Crippen LogP contribution in [0.2, 0.25) is 0 Å². The first-order valence-corrected chi connectivity index (χ1v) is 9.30. The van der Waals surface area contributed by atoms with Crippen molar-refractivity contribution in [1.29, 1.82) is 0 Å². The molecule has 0 unspecified atom stereocenters. The van der Waals surface area contributed by atoms with Crippen molar-refractivity contribution < 1.29 is 33.3 Å². The Balaban J connectivity index is 1.90. The largest absolute Gasteiger partial charge is 0.497 e. The average molecular weight is 417 g/mol. The van der Waals surface area contributed by atoms with Crippen molar-refractivity contribution in [2.45, 2.75) is 26.0 Å². The minimum absolute atomic E-state index is 0.0273. The van der Waals surface area contributed by atoms with Crippen LogP contribution in [0, 0.1) is 0 Å². The Morgan fingerprint density at radius 3 is 2.20 bits per heavy atom. The van der Waals surface area contributed by atoms with Crippen molar-refractivity contribution in [2.75, 3.05) is 28.4 Å². The van der Waals surface area contributed by atoms with Gasteiger partial charge in [0.2, 0.25) is 0 Å². The van der Waals surface area contributed by atoms with Crippen molar-refractivity contribution in [1.82, 2.24) is 5.32 Å². The van der Waals surface area contributed by atoms with Gasteiger partial charge in [-0.3, -0.25) is 9.59 Å². The predicted molar refractivity (Wildman–Crippen MR) is 110 cm³/mol. The van der Waals surface area contributed by atoms with Crippen LogP contribution in [0.5, 0.6) is 23.0 Å². The van der Waals surface area contributed by atoms with Gasteiger partial charge in [-0.25, -0.2) is 0 Å². The minimum atomic E-state index is -0.943. The zero-order valence-corrected chi connectivity index (χ0v) is 17.8. The van der Waals surface area contributed by atoms with Gasteiger partial charge in [0.05, 0.1) is 34.9 Å². The first kappa shape index (κ1) is 22.9. The summed E-state index contributed by atoms with van der Waals surface area (Å²) in [5.41, 5.74) is 1.46. The Labute approximate surface area is 176 Å². The number of esters is 1. The number of amides is 1. The molecule has 0 saturated heterocycles. The van der Waals surface area contributed by atoms with Crippen LogP contribution >= 0.6 is 0 Å². The van der Waals surface area contributed by atoms with Crippen molar-refractivity contribution >= 4 is 11.9 Å². The number of hydrogen-bond donors (Lipinski definition) is 1. The second kappa shape index (κ2) is 10.9. The maximum Gasteiger partial charge on any atom is 0.311 e. The molecule has 0 fully saturated rings. The van der Waals surface area contributed by atoms with Gasteiger partial charge in [0.15, 0.2) is 17.6 Å². The zero-order valence-electron chi connectivity index (χ0n) is 17.8. The standard InChI is InChI=1S/C22H27NO7/c1-14(22(25)23-13-15-6-9-18(27-3)20(10-15)29-5)30-21(24)11-16-7-8-17(26-2)12-19(16)28-4/h6-10,12,14H,11,13H2,1-5H3,(H,23,25)/t14-/m0/s1. The van der Waals surface area contributed by atoms with E-state index in [2.05, 4.69) is 5.32 Å². The van der Waals surface area contributed by atoms with Gasteiger partial charge in [-0.15, -0.1) is 0 Å². The first-order valence-electron chi connectivity index (χ1n) is 9.30. The van der Waals surface area contributed by atoms with E-state index in [1.807, 2.05) is 6.07 Å². The molecule has 0 aromatic heterocycles. The number of benzene rings is 2. The van der Waals surface area contributed by atoms with Crippen LogP contribution in [-0.2, 0) is 27.3 Å². The molecule has 0 aliphatic rings. The van der Waals surface area contributed by atoms with Gasteiger partial charge in [-0.2, -0.15) is 0 Å². The number of rotatable bonds is 10. The van der Waals surface area contributed by atoms with E-state index in [0.29, 0.717) is 28.6 Å². The summed E-state index contributed by atoms with van der Waals surface area (Å²) in [6, 6.07) is 10.5. The zero-order chi connectivity index (χ0) is 22.1. The molecular weight excluding hydrogens is 390 g/mol. The molecule has 1 amide bonds. The van der Waals surface area contributed by atoms with E-state index < -0.39 is 18.0 Å². The average Bonchev–Trinajstić information content (AvgIpc) is 2.77. The van der Waals surface area contributed by atoms with E-state index in [4.69, 9.17) is 23.7 Å². The van der Waals surface area contributed by atoms with Gasteiger partial charge >= 0.3 is 5.97 Å². The van der Waals surface area contributed by atoms with Gasteiger partial charge in [-0.05, 0) is 30.7 Å². The van der Waals surface area contributed by atoms with E-state index in [0.717, 1.165) is 5.56 Å². The lowest BCUT2D eigenvalue weighted by Gasteiger charge is -2.15. The molecule has 0 saturated carbocycles. The number of ether oxygens (including phenoxy) is 5. The van der Waals surface area contributed by atoms with Crippen LogP contribution in [0.15, 0.2) is 36.4 Å². The predicted octanol–water partition coefficient (Wildman–Crippen LogP) is 2.51. The molecule has 0 spiro atoms. The van der Waals surface area contributed by atoms with E-state index in [-0.39, 0.29) is 13.0 Å². The third-order valence-corrected chi connectivity index (χ3v) is 4.42. The Kier molecular flexibility index (Phi) is 8.34. The normalized spacial score (nSPS) is 11.2. The van der Waals surface area contributed by atoms with Crippen molar-refractivity contribution in [2.24, 2.45) is 0 Å². The number of hydrogen-bond acceptors (Lipinski definition) is 7. The molecule has 30 heavy (non-hydrogen) atoms. The van der Waals surface area contributed by atoms with Gasteiger partial charge in [-0.1, -0.05) is 12.1 Å². The maximum atomic E-state index is 12.3. The molecule has 0 bridgehead atoms. The fraction of sp³-hybridized carbons (Fsp3) is 0.364. The molecule has 2 aromatic rings. The number of nitrogens with one attached hydrogen (secondary N) is 1. The van der Waals surface area contributed by atoms with Crippen LogP contribution in [0.4, 0.5) is 0 Å². The lowest BCUT2D eigenvalue weighted by molar-refractivity contribution is -0.154. The van der Waals surface area contributed by atoms with Crippen molar-refractivity contribution in [3.8, 4) is 23.0 Å². The highest BCUT2D eigenvalue weighted by Crippen LogP contribution is 2.27. The molecule has 2 rings (SSSR count). The maximum absolute atomic E-state index is 12.3. The van der Waals surface area contributed by atoms with Gasteiger partial charge in [0, 0.05) is 18.2 Å². The quantitative estimate of drug-likeness (QED) is 0.594. The number of methoxy groups -OCH3 is 4. The molecule has 0 radical (unpaired) electrons. The highest BCUT2D eigenvalue weighted by molar-refractivity contribution is 5.84. The Hall–Kier alpha value is -3.42. The fourth-order valence-electron chi connectivity index (χ4n) is 2.77. The molecule has 8 heteroatoms. The molecule has 8 nitrogen and oxygen atoms in total. The lowest BCUT2D eigenvalue weighted by Crippen LogP contribution is -2.35. The summed E-state index contributed by atoms with van der Waals surface area (Å²) in [4.78, 5) is 24.6. The minimum Gasteiger partial charge on any atom is -0.497 e. The smallest absolute Gasteiger partial charge is 0.311 e. The van der Waals surface area contributed by atoms with Gasteiger partial charge in [0.1, 0.15) is 11.5 Å². The molecule has 0 aliphatic carbocycles. The molecule has 1 atom stereocenters. The summed E-state index contributed by atoms with van der Waals surface area (Å²) in [5.74, 6) is 1.36. The van der Waals surface area contributed by atoms with Crippen LogP contribution < -0.4 is 24.3 Å². The monoisotopic (exact) mass is 417 g/mol. The Bertz CT molecular complexity index is 882. The third kappa shape index (κ3) is 6.04. The molecule has 0 aliphatic heterocycles. The topological polar surface area (TPSA) is 92.3 Å². The summed E-state index contributed by atoms with van der Waals surface area (Å²) in [6.45, 7) is 1.78. The summed E-state index contributed by atoms with van der Waals surface area (Å²) >= 11 is 0. The second-order valence-electron chi connectivity index (χ2n) is 6.39. The lowest BCUT2D eigenvalue weighted by atomic mass is 10.1. The summed E-state index contributed by atoms with van der Waals surface area (Å²) in [5, 5.41) is 2.74. The Morgan fingerprint density at radius 2 is 1.57 bits per heavy atom. The van der Waals surface area contributed by atoms with Crippen LogP contribution in [0.3, 0.4) is 0 Å². The van der Waals surface area contributed by atoms with Crippen LogP contribution in [0.25, 0.3) is 0 Å². The van der Waals surface area contributed by atoms with E-state index in [9.17, 15) is 9.59 Å². The summed E-state index contributed by atoms with van der Waals surface area (Å²) in [7, 11) is 6.15. The van der Waals surface area contributed by atoms with Crippen LogP contribution in [0.1, 0.15) is 18.1 Å². The SMILES string of the molecule is COc1ccc(CC(=O)O[C@@H](C)C(=O)NCc2ccc(OC)c(OC)c2)c(OC)c1. The van der Waals surface area contributed by atoms with Crippen LogP contribution in [-0.4, -0.2) is 46.4 Å². The Morgan fingerprint density at radius 1 is 0.867 bits per heavy atom.